The molecule has 0 heterocycles. The van der Waals surface area contributed by atoms with Crippen LogP contribution >= 0.6 is 11.6 Å². The Kier molecular flexibility index (Phi) is 4.24. The summed E-state index contributed by atoms with van der Waals surface area (Å²) in [5.41, 5.74) is 0.732. The van der Waals surface area contributed by atoms with Gasteiger partial charge in [0.1, 0.15) is 17.0 Å². The number of rotatable bonds is 4. The van der Waals surface area contributed by atoms with E-state index in [1.54, 1.807) is 14.2 Å². The van der Waals surface area contributed by atoms with Gasteiger partial charge in [-0.15, -0.1) is 11.6 Å². The molecular weight excluding hydrogens is 214 g/mol. The monoisotopic (exact) mass is 229 g/mol. The van der Waals surface area contributed by atoms with Crippen molar-refractivity contribution in [1.82, 2.24) is 4.90 Å². The Morgan fingerprint density at radius 1 is 1.20 bits per heavy atom. The maximum atomic E-state index is 6.23. The largest absolute Gasteiger partial charge is 0.497 e. The van der Waals surface area contributed by atoms with E-state index in [-0.39, 0.29) is 5.50 Å². The Bertz CT molecular complexity index is 328. The van der Waals surface area contributed by atoms with E-state index < -0.39 is 0 Å². The van der Waals surface area contributed by atoms with Gasteiger partial charge in [-0.1, -0.05) is 0 Å². The molecule has 0 saturated heterocycles. The van der Waals surface area contributed by atoms with Crippen molar-refractivity contribution < 1.29 is 9.47 Å². The quantitative estimate of drug-likeness (QED) is 0.585. The topological polar surface area (TPSA) is 21.7 Å². The van der Waals surface area contributed by atoms with Crippen molar-refractivity contribution in [3.63, 3.8) is 0 Å². The van der Waals surface area contributed by atoms with Gasteiger partial charge in [0.05, 0.1) is 14.2 Å². The van der Waals surface area contributed by atoms with Gasteiger partial charge in [-0.25, -0.2) is 0 Å². The molecule has 0 N–H and O–H groups in total. The van der Waals surface area contributed by atoms with Crippen LogP contribution in [0.5, 0.6) is 11.5 Å². The Balaban J connectivity index is 3.07. The molecule has 0 spiro atoms. The SMILES string of the molecule is COc1ccc(C(Cl)N(C)C)c(OC)c1. The minimum Gasteiger partial charge on any atom is -0.497 e. The first-order valence-electron chi connectivity index (χ1n) is 4.62. The zero-order chi connectivity index (χ0) is 11.4. The van der Waals surface area contributed by atoms with Crippen LogP contribution in [0.15, 0.2) is 18.2 Å². The minimum absolute atomic E-state index is 0.203. The summed E-state index contributed by atoms with van der Waals surface area (Å²) in [6.45, 7) is 0. The zero-order valence-electron chi connectivity index (χ0n) is 9.45. The molecular formula is C11H16ClNO2. The van der Waals surface area contributed by atoms with Crippen LogP contribution in [-0.4, -0.2) is 33.2 Å². The highest BCUT2D eigenvalue weighted by molar-refractivity contribution is 6.20. The van der Waals surface area contributed by atoms with Crippen LogP contribution in [0.1, 0.15) is 11.1 Å². The van der Waals surface area contributed by atoms with E-state index in [1.807, 2.05) is 37.2 Å². The maximum absolute atomic E-state index is 6.23. The fraction of sp³-hybridized carbons (Fsp3) is 0.455. The minimum atomic E-state index is -0.203. The summed E-state index contributed by atoms with van der Waals surface area (Å²) in [6.07, 6.45) is 0. The normalized spacial score (nSPS) is 12.7. The molecule has 0 aliphatic rings. The lowest BCUT2D eigenvalue weighted by molar-refractivity contribution is 0.356. The van der Waals surface area contributed by atoms with Crippen LogP contribution in [-0.2, 0) is 0 Å². The average Bonchev–Trinajstić information content (AvgIpc) is 2.27. The molecule has 15 heavy (non-hydrogen) atoms. The van der Waals surface area contributed by atoms with E-state index in [4.69, 9.17) is 21.1 Å². The Hall–Kier alpha value is -0.930. The molecule has 0 aromatic heterocycles. The first-order chi connectivity index (χ1) is 7.10. The molecule has 3 nitrogen and oxygen atoms in total. The fourth-order valence-corrected chi connectivity index (χ4v) is 1.47. The number of halogens is 1. The number of hydrogen-bond acceptors (Lipinski definition) is 3. The standard InChI is InChI=1S/C11H16ClNO2/c1-13(2)11(12)9-6-5-8(14-3)7-10(9)15-4/h5-7,11H,1-4H3. The van der Waals surface area contributed by atoms with Gasteiger partial charge in [0.15, 0.2) is 0 Å². The molecule has 1 unspecified atom stereocenters. The van der Waals surface area contributed by atoms with E-state index in [9.17, 15) is 0 Å². The number of hydrogen-bond donors (Lipinski definition) is 0. The molecule has 1 aromatic rings. The molecule has 1 rings (SSSR count). The number of ether oxygens (including phenoxy) is 2. The van der Waals surface area contributed by atoms with Gasteiger partial charge in [-0.05, 0) is 26.2 Å². The lowest BCUT2D eigenvalue weighted by Gasteiger charge is -2.20. The highest BCUT2D eigenvalue weighted by Gasteiger charge is 2.15. The van der Waals surface area contributed by atoms with Crippen molar-refractivity contribution in [2.75, 3.05) is 28.3 Å². The van der Waals surface area contributed by atoms with Gasteiger partial charge in [0.25, 0.3) is 0 Å². The summed E-state index contributed by atoms with van der Waals surface area (Å²) in [7, 11) is 7.08. The molecule has 0 aliphatic heterocycles. The van der Waals surface area contributed by atoms with E-state index in [0.717, 1.165) is 17.1 Å². The molecule has 0 amide bonds. The fourth-order valence-electron chi connectivity index (χ4n) is 1.29. The van der Waals surface area contributed by atoms with Crippen molar-refractivity contribution in [3.8, 4) is 11.5 Å². The van der Waals surface area contributed by atoms with E-state index >= 15 is 0 Å². The van der Waals surface area contributed by atoms with E-state index in [1.165, 1.54) is 0 Å². The first kappa shape index (κ1) is 12.1. The van der Waals surface area contributed by atoms with Crippen LogP contribution in [0.25, 0.3) is 0 Å². The van der Waals surface area contributed by atoms with E-state index in [2.05, 4.69) is 0 Å². The molecule has 0 saturated carbocycles. The third-order valence-electron chi connectivity index (χ3n) is 2.15. The smallest absolute Gasteiger partial charge is 0.128 e. The van der Waals surface area contributed by atoms with Gasteiger partial charge in [0.2, 0.25) is 0 Å². The van der Waals surface area contributed by atoms with Crippen molar-refractivity contribution >= 4 is 11.6 Å². The van der Waals surface area contributed by atoms with Crippen LogP contribution < -0.4 is 9.47 Å². The molecule has 84 valence electrons. The van der Waals surface area contributed by atoms with Gasteiger partial charge >= 0.3 is 0 Å². The summed E-state index contributed by atoms with van der Waals surface area (Å²) in [4.78, 5) is 1.91. The predicted molar refractivity (Wildman–Crippen MR) is 61.8 cm³/mol. The molecule has 0 fully saturated rings. The molecule has 0 aliphatic carbocycles. The van der Waals surface area contributed by atoms with Gasteiger partial charge in [-0.3, -0.25) is 4.90 Å². The Morgan fingerprint density at radius 2 is 1.87 bits per heavy atom. The van der Waals surface area contributed by atoms with Crippen LogP contribution in [0, 0.1) is 0 Å². The summed E-state index contributed by atoms with van der Waals surface area (Å²) >= 11 is 6.23. The van der Waals surface area contributed by atoms with E-state index in [0.29, 0.717) is 0 Å². The summed E-state index contributed by atoms with van der Waals surface area (Å²) in [5.74, 6) is 1.50. The molecule has 1 atom stereocenters. The third-order valence-corrected chi connectivity index (χ3v) is 2.78. The lowest BCUT2D eigenvalue weighted by Crippen LogP contribution is -2.15. The number of methoxy groups -OCH3 is 2. The summed E-state index contributed by atoms with van der Waals surface area (Å²) in [6, 6.07) is 5.61. The lowest BCUT2D eigenvalue weighted by atomic mass is 10.2. The Labute approximate surface area is 95.5 Å². The first-order valence-corrected chi connectivity index (χ1v) is 5.06. The maximum Gasteiger partial charge on any atom is 0.128 e. The second-order valence-corrected chi connectivity index (χ2v) is 3.82. The number of alkyl halides is 1. The van der Waals surface area contributed by atoms with Crippen LogP contribution in [0.4, 0.5) is 0 Å². The summed E-state index contributed by atoms with van der Waals surface area (Å²) in [5, 5.41) is 0. The Morgan fingerprint density at radius 3 is 2.33 bits per heavy atom. The zero-order valence-corrected chi connectivity index (χ0v) is 10.2. The van der Waals surface area contributed by atoms with Gasteiger partial charge in [-0.2, -0.15) is 0 Å². The second-order valence-electron chi connectivity index (χ2n) is 3.41. The van der Waals surface area contributed by atoms with Gasteiger partial charge in [0, 0.05) is 11.6 Å². The van der Waals surface area contributed by atoms with Crippen LogP contribution in [0.3, 0.4) is 0 Å². The molecule has 0 bridgehead atoms. The van der Waals surface area contributed by atoms with Crippen LogP contribution in [0.2, 0.25) is 0 Å². The third kappa shape index (κ3) is 2.76. The highest BCUT2D eigenvalue weighted by atomic mass is 35.5. The molecule has 1 aromatic carbocycles. The van der Waals surface area contributed by atoms with Crippen molar-refractivity contribution in [2.24, 2.45) is 0 Å². The van der Waals surface area contributed by atoms with Crippen molar-refractivity contribution in [2.45, 2.75) is 5.50 Å². The predicted octanol–water partition coefficient (Wildman–Crippen LogP) is 2.50. The summed E-state index contributed by atoms with van der Waals surface area (Å²) < 4.78 is 10.4. The van der Waals surface area contributed by atoms with Crippen molar-refractivity contribution in [3.05, 3.63) is 23.8 Å². The molecule has 0 radical (unpaired) electrons. The second kappa shape index (κ2) is 5.24. The number of nitrogens with zero attached hydrogens (tertiary/aromatic N) is 1. The van der Waals surface area contributed by atoms with Crippen molar-refractivity contribution in [1.29, 1.82) is 0 Å². The van der Waals surface area contributed by atoms with Gasteiger partial charge < -0.3 is 9.47 Å². The number of benzene rings is 1. The highest BCUT2D eigenvalue weighted by Crippen LogP contribution is 2.33. The average molecular weight is 230 g/mol. The molecule has 4 heteroatoms.